The van der Waals surface area contributed by atoms with E-state index in [1.807, 2.05) is 12.1 Å². The summed E-state index contributed by atoms with van der Waals surface area (Å²) in [5.74, 6) is 1.25. The zero-order valence-electron chi connectivity index (χ0n) is 17.2. The van der Waals surface area contributed by atoms with Crippen LogP contribution in [0.4, 0.5) is 0 Å². The van der Waals surface area contributed by atoms with Crippen LogP contribution in [-0.2, 0) is 20.5 Å². The Hall–Kier alpha value is -1.24. The number of alkyl halides is 1. The monoisotopic (exact) mass is 406 g/mol. The third kappa shape index (κ3) is 2.87. The van der Waals surface area contributed by atoms with Crippen molar-refractivity contribution in [3.05, 3.63) is 29.3 Å². The summed E-state index contributed by atoms with van der Waals surface area (Å²) in [4.78, 5) is 12.0. The molecule has 0 radical (unpaired) electrons. The van der Waals surface area contributed by atoms with Crippen LogP contribution in [-0.4, -0.2) is 44.3 Å². The molecule has 0 spiro atoms. The van der Waals surface area contributed by atoms with E-state index in [0.717, 1.165) is 12.0 Å². The van der Waals surface area contributed by atoms with Crippen molar-refractivity contribution in [1.29, 1.82) is 0 Å². The first-order valence-corrected chi connectivity index (χ1v) is 10.4. The van der Waals surface area contributed by atoms with Crippen molar-refractivity contribution in [3.63, 3.8) is 0 Å². The molecule has 3 saturated carbocycles. The van der Waals surface area contributed by atoms with Gasteiger partial charge in [-0.2, -0.15) is 0 Å². The van der Waals surface area contributed by atoms with Gasteiger partial charge in [0.25, 0.3) is 0 Å². The van der Waals surface area contributed by atoms with Gasteiger partial charge in [-0.3, -0.25) is 0 Å². The van der Waals surface area contributed by atoms with E-state index in [1.165, 1.54) is 13.5 Å². The number of ether oxygens (including phenoxy) is 2. The van der Waals surface area contributed by atoms with Crippen molar-refractivity contribution >= 4 is 24.7 Å². The van der Waals surface area contributed by atoms with E-state index in [-0.39, 0.29) is 17.0 Å². The van der Waals surface area contributed by atoms with E-state index in [4.69, 9.17) is 30.4 Å². The maximum absolute atomic E-state index is 12.0. The minimum Gasteiger partial charge on any atom is -0.496 e. The summed E-state index contributed by atoms with van der Waals surface area (Å²) in [7, 11) is 2.43. The molecule has 4 fully saturated rings. The number of benzene rings is 1. The summed E-state index contributed by atoms with van der Waals surface area (Å²) in [5.41, 5.74) is 1.24. The molecule has 28 heavy (non-hydrogen) atoms. The molecule has 0 N–H and O–H groups in total. The standard InChI is InChI=1S/C21H28BClO5/c1-20(2)13-10-15(20)21(3)16(11-13)27-22(28-21)17(23)9-12-7-6-8-14(18(12)25-4)19(24)26-5/h6-8,13,15-17H,9-11H2,1-5H3/t13-,15-,16+,17+,21-/m0/s1. The van der Waals surface area contributed by atoms with E-state index in [9.17, 15) is 4.79 Å². The lowest BCUT2D eigenvalue weighted by molar-refractivity contribution is -0.199. The first-order valence-electron chi connectivity index (χ1n) is 9.94. The van der Waals surface area contributed by atoms with Gasteiger partial charge < -0.3 is 18.8 Å². The number of methoxy groups -OCH3 is 2. The third-order valence-electron chi connectivity index (χ3n) is 7.39. The van der Waals surface area contributed by atoms with Gasteiger partial charge in [-0.1, -0.05) is 26.0 Å². The smallest absolute Gasteiger partial charge is 0.477 e. The van der Waals surface area contributed by atoms with Crippen LogP contribution < -0.4 is 4.74 Å². The molecule has 1 aromatic carbocycles. The molecular weight excluding hydrogens is 378 g/mol. The molecule has 5 rings (SSSR count). The summed E-state index contributed by atoms with van der Waals surface area (Å²) in [6.45, 7) is 6.86. The second kappa shape index (κ2) is 6.93. The minimum absolute atomic E-state index is 0.0961. The van der Waals surface area contributed by atoms with Gasteiger partial charge in [0.1, 0.15) is 11.3 Å². The van der Waals surface area contributed by atoms with Crippen LogP contribution in [0.5, 0.6) is 5.75 Å². The summed E-state index contributed by atoms with van der Waals surface area (Å²) in [6, 6.07) is 5.40. The van der Waals surface area contributed by atoms with Crippen molar-refractivity contribution in [1.82, 2.24) is 0 Å². The lowest BCUT2D eigenvalue weighted by atomic mass is 9.43. The maximum Gasteiger partial charge on any atom is 0.477 e. The molecule has 1 heterocycles. The summed E-state index contributed by atoms with van der Waals surface area (Å²) in [5, 5.41) is -0.385. The minimum atomic E-state index is -0.474. The SMILES string of the molecule is COC(=O)c1cccc(C[C@@H](Cl)B2O[C@@H]3C[C@@H]4C[C@@H](C4(C)C)[C@]3(C)O2)c1OC. The number of hydrogen-bond acceptors (Lipinski definition) is 5. The normalized spacial score (nSPS) is 33.6. The number of carbonyl (C=O) groups is 1. The fourth-order valence-corrected chi connectivity index (χ4v) is 5.89. The lowest BCUT2D eigenvalue weighted by Crippen LogP contribution is -2.65. The summed E-state index contributed by atoms with van der Waals surface area (Å²) in [6.07, 6.45) is 2.80. The van der Waals surface area contributed by atoms with Crippen molar-refractivity contribution < 1.29 is 23.6 Å². The van der Waals surface area contributed by atoms with E-state index >= 15 is 0 Å². The molecule has 1 aromatic rings. The fraction of sp³-hybridized carbons (Fsp3) is 0.667. The number of para-hydroxylation sites is 1. The zero-order chi connectivity index (χ0) is 20.3. The van der Waals surface area contributed by atoms with E-state index in [2.05, 4.69) is 20.8 Å². The first-order chi connectivity index (χ1) is 13.2. The van der Waals surface area contributed by atoms with Gasteiger partial charge in [-0.15, -0.1) is 11.6 Å². The molecule has 5 nitrogen and oxygen atoms in total. The number of rotatable bonds is 5. The van der Waals surface area contributed by atoms with E-state index in [0.29, 0.717) is 35.0 Å². The number of halogens is 1. The Morgan fingerprint density at radius 1 is 1.32 bits per heavy atom. The van der Waals surface area contributed by atoms with Crippen molar-refractivity contribution in [3.8, 4) is 5.75 Å². The Balaban J connectivity index is 1.51. The van der Waals surface area contributed by atoms with Gasteiger partial charge in [-0.25, -0.2) is 4.79 Å². The second-order valence-electron chi connectivity index (χ2n) is 9.05. The Bertz CT molecular complexity index is 784. The second-order valence-corrected chi connectivity index (χ2v) is 9.61. The van der Waals surface area contributed by atoms with Gasteiger partial charge in [0.2, 0.25) is 0 Å². The molecule has 2 bridgehead atoms. The number of carbonyl (C=O) groups excluding carboxylic acids is 1. The Morgan fingerprint density at radius 2 is 2.07 bits per heavy atom. The molecule has 0 unspecified atom stereocenters. The zero-order valence-corrected chi connectivity index (χ0v) is 17.9. The average molecular weight is 407 g/mol. The summed E-state index contributed by atoms with van der Waals surface area (Å²) >= 11 is 6.75. The first kappa shape index (κ1) is 20.1. The third-order valence-corrected chi connectivity index (χ3v) is 7.75. The highest BCUT2D eigenvalue weighted by molar-refractivity contribution is 6.60. The predicted molar refractivity (Wildman–Crippen MR) is 108 cm³/mol. The van der Waals surface area contributed by atoms with Gasteiger partial charge in [-0.05, 0) is 55.1 Å². The van der Waals surface area contributed by atoms with Crippen molar-refractivity contribution in [2.45, 2.75) is 57.0 Å². The molecule has 7 heteroatoms. The van der Waals surface area contributed by atoms with Crippen LogP contribution in [0.2, 0.25) is 0 Å². The van der Waals surface area contributed by atoms with E-state index < -0.39 is 13.1 Å². The molecule has 4 aliphatic rings. The van der Waals surface area contributed by atoms with Crippen molar-refractivity contribution in [2.75, 3.05) is 14.2 Å². The molecule has 152 valence electrons. The quantitative estimate of drug-likeness (QED) is 0.422. The Kier molecular flexibility index (Phi) is 4.96. The number of hydrogen-bond donors (Lipinski definition) is 0. The van der Waals surface area contributed by atoms with Crippen LogP contribution in [0, 0.1) is 17.3 Å². The van der Waals surface area contributed by atoms with Gasteiger partial charge in [0.15, 0.2) is 0 Å². The molecule has 1 saturated heterocycles. The Morgan fingerprint density at radius 3 is 2.71 bits per heavy atom. The van der Waals surface area contributed by atoms with Gasteiger partial charge in [0, 0.05) is 0 Å². The Labute approximate surface area is 172 Å². The predicted octanol–water partition coefficient (Wildman–Crippen LogP) is 3.90. The highest BCUT2D eigenvalue weighted by Gasteiger charge is 2.68. The van der Waals surface area contributed by atoms with Gasteiger partial charge >= 0.3 is 13.1 Å². The topological polar surface area (TPSA) is 54.0 Å². The highest BCUT2D eigenvalue weighted by Crippen LogP contribution is 2.65. The summed E-state index contributed by atoms with van der Waals surface area (Å²) < 4.78 is 23.1. The molecule has 0 amide bonds. The van der Waals surface area contributed by atoms with Crippen LogP contribution >= 0.6 is 11.6 Å². The molecule has 0 aromatic heterocycles. The van der Waals surface area contributed by atoms with Crippen LogP contribution in [0.3, 0.4) is 0 Å². The van der Waals surface area contributed by atoms with Crippen LogP contribution in [0.1, 0.15) is 49.5 Å². The maximum atomic E-state index is 12.0. The molecule has 1 aliphatic heterocycles. The fourth-order valence-electron chi connectivity index (χ4n) is 5.62. The largest absolute Gasteiger partial charge is 0.496 e. The number of esters is 1. The van der Waals surface area contributed by atoms with Crippen LogP contribution in [0.15, 0.2) is 18.2 Å². The van der Waals surface area contributed by atoms with Crippen LogP contribution in [0.25, 0.3) is 0 Å². The van der Waals surface area contributed by atoms with E-state index in [1.54, 1.807) is 13.2 Å². The van der Waals surface area contributed by atoms with Gasteiger partial charge in [0.05, 0.1) is 31.2 Å². The van der Waals surface area contributed by atoms with Crippen molar-refractivity contribution in [2.24, 2.45) is 17.3 Å². The molecule has 5 atom stereocenters. The lowest BCUT2D eigenvalue weighted by Gasteiger charge is -2.64. The molecular formula is C21H28BClO5. The average Bonchev–Trinajstić information content (AvgIpc) is 3.04. The highest BCUT2D eigenvalue weighted by atomic mass is 35.5. The molecule has 3 aliphatic carbocycles.